The Morgan fingerprint density at radius 3 is 2.56 bits per heavy atom. The van der Waals surface area contributed by atoms with Crippen LogP contribution in [0.2, 0.25) is 10.0 Å². The van der Waals surface area contributed by atoms with E-state index in [-0.39, 0.29) is 23.5 Å². The van der Waals surface area contributed by atoms with Crippen molar-refractivity contribution in [3.63, 3.8) is 0 Å². The molecular weight excluding hydrogens is 389 g/mol. The molecule has 3 rings (SSSR count). The fourth-order valence-corrected chi connectivity index (χ4v) is 4.43. The van der Waals surface area contributed by atoms with Crippen molar-refractivity contribution in [2.24, 2.45) is 0 Å². The molecule has 0 bridgehead atoms. The van der Waals surface area contributed by atoms with E-state index in [1.54, 1.807) is 31.0 Å². The first-order valence-electron chi connectivity index (χ1n) is 9.09. The number of carbonyl (C=O) groups excluding carboxylic acids is 3. The van der Waals surface area contributed by atoms with Crippen LogP contribution in [0.1, 0.15) is 44.6 Å². The van der Waals surface area contributed by atoms with Gasteiger partial charge >= 0.3 is 6.03 Å². The maximum absolute atomic E-state index is 13.0. The number of benzene rings is 1. The smallest absolute Gasteiger partial charge is 0.325 e. The number of amides is 4. The zero-order valence-electron chi connectivity index (χ0n) is 15.4. The normalized spacial score (nSPS) is 23.5. The van der Waals surface area contributed by atoms with E-state index in [4.69, 9.17) is 23.2 Å². The number of nitrogens with zero attached hydrogens (tertiary/aromatic N) is 2. The average Bonchev–Trinajstić information content (AvgIpc) is 2.85. The molecule has 4 amide bonds. The molecule has 8 heteroatoms. The first-order chi connectivity index (χ1) is 12.7. The summed E-state index contributed by atoms with van der Waals surface area (Å²) in [5.41, 5.74) is -0.884. The number of hydrogen-bond donors (Lipinski definition) is 1. The molecule has 0 radical (unpaired) electrons. The Morgan fingerprint density at radius 1 is 1.26 bits per heavy atom. The third-order valence-electron chi connectivity index (χ3n) is 5.55. The van der Waals surface area contributed by atoms with Gasteiger partial charge in [-0.25, -0.2) is 4.79 Å². The van der Waals surface area contributed by atoms with Crippen molar-refractivity contribution >= 4 is 41.0 Å². The third-order valence-corrected chi connectivity index (χ3v) is 6.10. The Balaban J connectivity index is 1.76. The van der Waals surface area contributed by atoms with Gasteiger partial charge in [-0.3, -0.25) is 14.5 Å². The van der Waals surface area contributed by atoms with Crippen LogP contribution < -0.4 is 5.32 Å². The highest BCUT2D eigenvalue weighted by Crippen LogP contribution is 2.35. The monoisotopic (exact) mass is 411 g/mol. The van der Waals surface area contributed by atoms with E-state index < -0.39 is 17.5 Å². The van der Waals surface area contributed by atoms with Crippen LogP contribution in [-0.4, -0.2) is 47.3 Å². The molecule has 1 unspecified atom stereocenters. The largest absolute Gasteiger partial charge is 0.341 e. The van der Waals surface area contributed by atoms with Crippen molar-refractivity contribution in [3.05, 3.63) is 33.8 Å². The standard InChI is InChI=1S/C19H23Cl2N3O3/c1-19(14-9-8-12(20)10-15(14)21)17(26)24(18(27)22-19)11-16(25)23(2)13-6-4-3-5-7-13/h8-10,13H,3-7,11H2,1-2H3,(H,22,27). The van der Waals surface area contributed by atoms with Crippen molar-refractivity contribution in [3.8, 4) is 0 Å². The van der Waals surface area contributed by atoms with E-state index >= 15 is 0 Å². The molecular formula is C19H23Cl2N3O3. The zero-order chi connectivity index (χ0) is 19.8. The molecule has 0 aromatic heterocycles. The fraction of sp³-hybridized carbons (Fsp3) is 0.526. The summed E-state index contributed by atoms with van der Waals surface area (Å²) < 4.78 is 0. The van der Waals surface area contributed by atoms with Gasteiger partial charge in [0.15, 0.2) is 0 Å². The minimum Gasteiger partial charge on any atom is -0.341 e. The Hall–Kier alpha value is -1.79. The Morgan fingerprint density at radius 2 is 1.93 bits per heavy atom. The second-order valence-electron chi connectivity index (χ2n) is 7.37. The van der Waals surface area contributed by atoms with Gasteiger partial charge < -0.3 is 10.2 Å². The van der Waals surface area contributed by atoms with Crippen LogP contribution in [-0.2, 0) is 15.1 Å². The molecule has 2 aliphatic rings. The summed E-state index contributed by atoms with van der Waals surface area (Å²) in [7, 11) is 1.74. The number of imide groups is 1. The number of urea groups is 1. The number of carbonyl (C=O) groups is 3. The summed E-state index contributed by atoms with van der Waals surface area (Å²) in [4.78, 5) is 40.7. The quantitative estimate of drug-likeness (QED) is 0.769. The van der Waals surface area contributed by atoms with Crippen LogP contribution in [0.3, 0.4) is 0 Å². The second kappa shape index (κ2) is 7.68. The van der Waals surface area contributed by atoms with Gasteiger partial charge in [-0.15, -0.1) is 0 Å². The van der Waals surface area contributed by atoms with Crippen LogP contribution in [0.25, 0.3) is 0 Å². The first-order valence-corrected chi connectivity index (χ1v) is 9.85. The van der Waals surface area contributed by atoms with E-state index in [2.05, 4.69) is 5.32 Å². The molecule has 2 fully saturated rings. The zero-order valence-corrected chi connectivity index (χ0v) is 16.9. The molecule has 146 valence electrons. The molecule has 27 heavy (non-hydrogen) atoms. The predicted octanol–water partition coefficient (Wildman–Crippen LogP) is 3.55. The maximum atomic E-state index is 13.0. The van der Waals surface area contributed by atoms with Gasteiger partial charge in [0.05, 0.1) is 0 Å². The van der Waals surface area contributed by atoms with Crippen molar-refractivity contribution < 1.29 is 14.4 Å². The second-order valence-corrected chi connectivity index (χ2v) is 8.21. The van der Waals surface area contributed by atoms with Crippen molar-refractivity contribution in [2.45, 2.75) is 50.6 Å². The average molecular weight is 412 g/mol. The van der Waals surface area contributed by atoms with E-state index in [1.807, 2.05) is 0 Å². The van der Waals surface area contributed by atoms with Crippen molar-refractivity contribution in [1.82, 2.24) is 15.1 Å². The molecule has 1 N–H and O–H groups in total. The number of nitrogens with one attached hydrogen (secondary N) is 1. The van der Waals surface area contributed by atoms with E-state index in [1.165, 1.54) is 12.5 Å². The van der Waals surface area contributed by atoms with Crippen LogP contribution >= 0.6 is 23.2 Å². The lowest BCUT2D eigenvalue weighted by molar-refractivity contribution is -0.139. The highest BCUT2D eigenvalue weighted by Gasteiger charge is 2.50. The number of hydrogen-bond acceptors (Lipinski definition) is 3. The van der Waals surface area contributed by atoms with Crippen LogP contribution in [0.5, 0.6) is 0 Å². The molecule has 6 nitrogen and oxygen atoms in total. The Kier molecular flexibility index (Phi) is 5.68. The Bertz CT molecular complexity index is 779. The SMILES string of the molecule is CN(C(=O)CN1C(=O)NC(C)(c2ccc(Cl)cc2Cl)C1=O)C1CCCCC1. The van der Waals surface area contributed by atoms with Gasteiger partial charge in [0.1, 0.15) is 12.1 Å². The summed E-state index contributed by atoms with van der Waals surface area (Å²) in [6.45, 7) is 1.30. The molecule has 1 aliphatic heterocycles. The molecule has 1 aromatic carbocycles. The minimum absolute atomic E-state index is 0.170. The van der Waals surface area contributed by atoms with Crippen molar-refractivity contribution in [1.29, 1.82) is 0 Å². The summed E-state index contributed by atoms with van der Waals surface area (Å²) in [6.07, 6.45) is 5.30. The summed E-state index contributed by atoms with van der Waals surface area (Å²) >= 11 is 12.2. The molecule has 1 aromatic rings. The molecule has 1 saturated carbocycles. The minimum atomic E-state index is -1.33. The molecule has 1 atom stereocenters. The lowest BCUT2D eigenvalue weighted by atomic mass is 9.92. The van der Waals surface area contributed by atoms with E-state index in [9.17, 15) is 14.4 Å². The number of halogens is 2. The van der Waals surface area contributed by atoms with E-state index in [0.29, 0.717) is 10.6 Å². The number of likely N-dealkylation sites (N-methyl/N-ethyl adjacent to an activating group) is 1. The fourth-order valence-electron chi connectivity index (χ4n) is 3.84. The van der Waals surface area contributed by atoms with Crippen molar-refractivity contribution in [2.75, 3.05) is 13.6 Å². The van der Waals surface area contributed by atoms with Gasteiger partial charge in [0.2, 0.25) is 5.91 Å². The molecule has 0 spiro atoms. The van der Waals surface area contributed by atoms with Crippen LogP contribution in [0.4, 0.5) is 4.79 Å². The van der Waals surface area contributed by atoms with Crippen LogP contribution in [0, 0.1) is 0 Å². The van der Waals surface area contributed by atoms with Gasteiger partial charge in [-0.1, -0.05) is 48.5 Å². The van der Waals surface area contributed by atoms with E-state index in [0.717, 1.165) is 30.6 Å². The summed E-state index contributed by atoms with van der Waals surface area (Å²) in [6, 6.07) is 4.32. The van der Waals surface area contributed by atoms with Gasteiger partial charge in [0.25, 0.3) is 5.91 Å². The third kappa shape index (κ3) is 3.78. The molecule has 1 aliphatic carbocycles. The predicted molar refractivity (Wildman–Crippen MR) is 104 cm³/mol. The topological polar surface area (TPSA) is 69.7 Å². The van der Waals surface area contributed by atoms with Crippen LogP contribution in [0.15, 0.2) is 18.2 Å². The van der Waals surface area contributed by atoms with Gasteiger partial charge in [0, 0.05) is 28.7 Å². The van der Waals surface area contributed by atoms with Gasteiger partial charge in [-0.2, -0.15) is 0 Å². The molecule has 1 heterocycles. The lowest BCUT2D eigenvalue weighted by Crippen LogP contribution is -2.46. The number of rotatable bonds is 4. The van der Waals surface area contributed by atoms with Gasteiger partial charge in [-0.05, 0) is 31.9 Å². The summed E-state index contributed by atoms with van der Waals surface area (Å²) in [5.74, 6) is -0.737. The maximum Gasteiger partial charge on any atom is 0.325 e. The highest BCUT2D eigenvalue weighted by atomic mass is 35.5. The first kappa shape index (κ1) is 20.0. The lowest BCUT2D eigenvalue weighted by Gasteiger charge is -2.32. The highest BCUT2D eigenvalue weighted by molar-refractivity contribution is 6.35. The molecule has 1 saturated heterocycles. The Labute approximate surface area is 168 Å². The summed E-state index contributed by atoms with van der Waals surface area (Å²) in [5, 5.41) is 3.39.